The number of rotatable bonds is 5. The monoisotopic (exact) mass is 741 g/mol. The number of allylic oxidation sites excluding steroid dienone is 3. The third kappa shape index (κ3) is 4.88. The van der Waals surface area contributed by atoms with Gasteiger partial charge in [-0.3, -0.25) is 0 Å². The fourth-order valence-electron chi connectivity index (χ4n) is 10.5. The standard InChI is InChI=1S/C56H39NO/c1-35-24-25-40(41-33-49(37-14-4-2-5-15-37)57-50(34-41)38-16-6-3-7-17-38)32-45(35)36-26-28-39(29-27-36)53-44-30-31-52-55(54(44)53)56(48-22-12-13-23-51(48)58-52)46-20-10-8-18-42(46)43-19-9-11-21-47(43)56/h2-34,44,53-54H,1H3. The van der Waals surface area contributed by atoms with Gasteiger partial charge in [0.05, 0.1) is 16.8 Å². The molecule has 3 unspecified atom stereocenters. The van der Waals surface area contributed by atoms with E-state index in [-0.39, 0.29) is 0 Å². The number of aryl methyl sites for hydroxylation is 1. The van der Waals surface area contributed by atoms with Gasteiger partial charge in [0.2, 0.25) is 0 Å². The van der Waals surface area contributed by atoms with Crippen LogP contribution in [0.2, 0.25) is 0 Å². The smallest absolute Gasteiger partial charge is 0.132 e. The molecule has 0 saturated heterocycles. The number of fused-ring (bicyclic) bond motifs is 10. The van der Waals surface area contributed by atoms with Crippen LogP contribution in [0.4, 0.5) is 0 Å². The van der Waals surface area contributed by atoms with Gasteiger partial charge >= 0.3 is 0 Å². The van der Waals surface area contributed by atoms with Crippen molar-refractivity contribution in [1.82, 2.24) is 4.98 Å². The number of hydrogen-bond donors (Lipinski definition) is 0. The average molecular weight is 742 g/mol. The number of benzene rings is 7. The van der Waals surface area contributed by atoms with Crippen LogP contribution in [0.1, 0.15) is 33.7 Å². The van der Waals surface area contributed by atoms with Gasteiger partial charge in [0.25, 0.3) is 0 Å². The maximum absolute atomic E-state index is 6.83. The Kier molecular flexibility index (Phi) is 7.28. The van der Waals surface area contributed by atoms with Crippen LogP contribution in [-0.4, -0.2) is 4.98 Å². The lowest BCUT2D eigenvalue weighted by atomic mass is 9.63. The summed E-state index contributed by atoms with van der Waals surface area (Å²) in [7, 11) is 0. The molecule has 1 aliphatic heterocycles. The minimum atomic E-state index is -0.398. The van der Waals surface area contributed by atoms with Crippen LogP contribution in [0.5, 0.6) is 5.75 Å². The molecule has 0 N–H and O–H groups in total. The molecular weight excluding hydrogens is 703 g/mol. The average Bonchev–Trinajstić information content (AvgIpc) is 3.96. The number of aromatic nitrogens is 1. The molecule has 274 valence electrons. The maximum Gasteiger partial charge on any atom is 0.132 e. The van der Waals surface area contributed by atoms with Crippen LogP contribution >= 0.6 is 0 Å². The highest BCUT2D eigenvalue weighted by Gasteiger charge is 2.63. The van der Waals surface area contributed by atoms with Crippen LogP contribution < -0.4 is 4.74 Å². The number of nitrogens with zero attached hydrogens (tertiary/aromatic N) is 1. The fraction of sp³-hybridized carbons (Fsp3) is 0.0893. The summed E-state index contributed by atoms with van der Waals surface area (Å²) >= 11 is 0. The first-order chi connectivity index (χ1) is 28.7. The molecule has 58 heavy (non-hydrogen) atoms. The number of pyridine rings is 1. The molecule has 2 heterocycles. The molecule has 1 saturated carbocycles. The molecule has 12 rings (SSSR count). The van der Waals surface area contributed by atoms with Crippen molar-refractivity contribution in [2.75, 3.05) is 0 Å². The second-order valence-corrected chi connectivity index (χ2v) is 16.2. The maximum atomic E-state index is 6.83. The highest BCUT2D eigenvalue weighted by Crippen LogP contribution is 2.71. The van der Waals surface area contributed by atoms with Gasteiger partial charge in [0.15, 0.2) is 0 Å². The lowest BCUT2D eigenvalue weighted by molar-refractivity contribution is 0.384. The summed E-state index contributed by atoms with van der Waals surface area (Å²) < 4.78 is 6.83. The Hall–Kier alpha value is -7.03. The van der Waals surface area contributed by atoms with Crippen LogP contribution in [0, 0.1) is 18.8 Å². The number of ether oxygens (including phenoxy) is 1. The van der Waals surface area contributed by atoms with E-state index in [1.807, 2.05) is 0 Å². The van der Waals surface area contributed by atoms with E-state index in [9.17, 15) is 0 Å². The zero-order valence-electron chi connectivity index (χ0n) is 32.1. The van der Waals surface area contributed by atoms with Gasteiger partial charge in [-0.15, -0.1) is 0 Å². The Balaban J connectivity index is 0.921. The molecule has 1 fully saturated rings. The molecular formula is C56H39NO. The van der Waals surface area contributed by atoms with E-state index >= 15 is 0 Å². The summed E-state index contributed by atoms with van der Waals surface area (Å²) in [5, 5.41) is 0. The van der Waals surface area contributed by atoms with Crippen molar-refractivity contribution in [1.29, 1.82) is 0 Å². The predicted molar refractivity (Wildman–Crippen MR) is 235 cm³/mol. The highest BCUT2D eigenvalue weighted by molar-refractivity contribution is 5.88. The van der Waals surface area contributed by atoms with Crippen LogP contribution in [0.15, 0.2) is 212 Å². The molecule has 1 spiro atoms. The Labute approximate surface area is 339 Å². The summed E-state index contributed by atoms with van der Waals surface area (Å²) in [4.78, 5) is 5.13. The molecule has 0 amide bonds. The third-order valence-corrected chi connectivity index (χ3v) is 13.2. The summed E-state index contributed by atoms with van der Waals surface area (Å²) in [6.45, 7) is 2.22. The number of para-hydroxylation sites is 1. The van der Waals surface area contributed by atoms with Crippen LogP contribution in [0.3, 0.4) is 0 Å². The van der Waals surface area contributed by atoms with Crippen LogP contribution in [0.25, 0.3) is 55.9 Å². The third-order valence-electron chi connectivity index (χ3n) is 13.2. The van der Waals surface area contributed by atoms with Crippen molar-refractivity contribution >= 4 is 0 Å². The summed E-state index contributed by atoms with van der Waals surface area (Å²) in [6, 6.07) is 68.5. The minimum Gasteiger partial charge on any atom is -0.457 e. The predicted octanol–water partition coefficient (Wildman–Crippen LogP) is 13.6. The quantitative estimate of drug-likeness (QED) is 0.175. The van der Waals surface area contributed by atoms with E-state index in [1.165, 1.54) is 61.2 Å². The zero-order chi connectivity index (χ0) is 38.4. The van der Waals surface area contributed by atoms with Gasteiger partial charge < -0.3 is 4.74 Å². The van der Waals surface area contributed by atoms with Gasteiger partial charge in [-0.25, -0.2) is 4.98 Å². The number of hydrogen-bond acceptors (Lipinski definition) is 2. The SMILES string of the molecule is Cc1ccc(-c2cc(-c3ccccc3)nc(-c3ccccc3)c2)cc1-c1ccc(C2C3C=CC4=C(C32)C2(c3ccccc3O4)c3ccccc3-c3ccccc32)cc1. The van der Waals surface area contributed by atoms with Gasteiger partial charge in [0.1, 0.15) is 11.5 Å². The van der Waals surface area contributed by atoms with E-state index in [4.69, 9.17) is 9.72 Å². The topological polar surface area (TPSA) is 22.1 Å². The molecule has 0 radical (unpaired) electrons. The second-order valence-electron chi connectivity index (χ2n) is 16.2. The first-order valence-electron chi connectivity index (χ1n) is 20.4. The fourth-order valence-corrected chi connectivity index (χ4v) is 10.5. The van der Waals surface area contributed by atoms with Crippen molar-refractivity contribution in [2.24, 2.45) is 11.8 Å². The van der Waals surface area contributed by atoms with Crippen molar-refractivity contribution in [3.05, 3.63) is 239 Å². The van der Waals surface area contributed by atoms with Gasteiger partial charge in [-0.05, 0) is 116 Å². The lowest BCUT2D eigenvalue weighted by Crippen LogP contribution is -2.36. The van der Waals surface area contributed by atoms with E-state index < -0.39 is 5.41 Å². The molecule has 7 aromatic carbocycles. The summed E-state index contributed by atoms with van der Waals surface area (Å²) in [5.74, 6) is 3.10. The van der Waals surface area contributed by atoms with Gasteiger partial charge in [-0.1, -0.05) is 170 Å². The van der Waals surface area contributed by atoms with E-state index in [0.29, 0.717) is 17.8 Å². The Morgan fingerprint density at radius 1 is 0.466 bits per heavy atom. The molecule has 2 heteroatoms. The molecule has 3 aliphatic carbocycles. The molecule has 8 aromatic rings. The lowest BCUT2D eigenvalue weighted by Gasteiger charge is -2.42. The first kappa shape index (κ1) is 33.1. The van der Waals surface area contributed by atoms with Gasteiger partial charge in [0, 0.05) is 16.7 Å². The summed E-state index contributed by atoms with van der Waals surface area (Å²) in [6.07, 6.45) is 4.68. The van der Waals surface area contributed by atoms with Crippen molar-refractivity contribution in [2.45, 2.75) is 18.3 Å². The first-order valence-corrected chi connectivity index (χ1v) is 20.4. The Morgan fingerprint density at radius 3 is 1.69 bits per heavy atom. The van der Waals surface area contributed by atoms with E-state index in [2.05, 4.69) is 207 Å². The van der Waals surface area contributed by atoms with Crippen molar-refractivity contribution in [3.8, 4) is 61.6 Å². The van der Waals surface area contributed by atoms with Crippen molar-refractivity contribution in [3.63, 3.8) is 0 Å². The van der Waals surface area contributed by atoms with E-state index in [0.717, 1.165) is 39.6 Å². The van der Waals surface area contributed by atoms with Crippen molar-refractivity contribution < 1.29 is 4.74 Å². The Bertz CT molecular complexity index is 2890. The highest BCUT2D eigenvalue weighted by atomic mass is 16.5. The van der Waals surface area contributed by atoms with Gasteiger partial charge in [-0.2, -0.15) is 0 Å². The Morgan fingerprint density at radius 2 is 1.03 bits per heavy atom. The minimum absolute atomic E-state index is 0.341. The van der Waals surface area contributed by atoms with E-state index in [1.54, 1.807) is 0 Å². The normalized spacial score (nSPS) is 18.7. The zero-order valence-corrected chi connectivity index (χ0v) is 32.1. The second kappa shape index (κ2) is 12.7. The molecule has 2 nitrogen and oxygen atoms in total. The van der Waals surface area contributed by atoms with Crippen LogP contribution in [-0.2, 0) is 5.41 Å². The molecule has 0 bridgehead atoms. The molecule has 4 aliphatic rings. The molecule has 3 atom stereocenters. The largest absolute Gasteiger partial charge is 0.457 e. The molecule has 1 aromatic heterocycles. The summed E-state index contributed by atoms with van der Waals surface area (Å²) in [5.41, 5.74) is 19.3.